The van der Waals surface area contributed by atoms with Crippen molar-refractivity contribution in [2.45, 2.75) is 0 Å². The van der Waals surface area contributed by atoms with Gasteiger partial charge in [0.25, 0.3) is 0 Å². The van der Waals surface area contributed by atoms with Crippen molar-refractivity contribution in [2.24, 2.45) is 0 Å². The molecule has 0 fully saturated rings. The van der Waals surface area contributed by atoms with Gasteiger partial charge in [-0.05, 0) is 47.3 Å². The lowest BCUT2D eigenvalue weighted by molar-refractivity contribution is 0.672. The van der Waals surface area contributed by atoms with Gasteiger partial charge in [-0.2, -0.15) is 0 Å². The maximum absolute atomic E-state index is 6.29. The number of aromatic nitrogens is 3. The molecule has 0 aliphatic carbocycles. The summed E-state index contributed by atoms with van der Waals surface area (Å²) < 4.78 is 8.43. The lowest BCUT2D eigenvalue weighted by Crippen LogP contribution is -2.00. The highest BCUT2D eigenvalue weighted by Gasteiger charge is 2.17. The summed E-state index contributed by atoms with van der Waals surface area (Å²) in [6, 6.07) is 41.6. The molecule has 0 aliphatic rings. The first-order chi connectivity index (χ1) is 18.8. The minimum absolute atomic E-state index is 0.834. The molecule has 0 N–H and O–H groups in total. The number of hydrogen-bond acceptors (Lipinski definition) is 3. The quantitative estimate of drug-likeness (QED) is 0.250. The summed E-state index contributed by atoms with van der Waals surface area (Å²) in [4.78, 5) is 9.92. The van der Waals surface area contributed by atoms with E-state index in [-0.39, 0.29) is 0 Å². The average Bonchev–Trinajstić information content (AvgIpc) is 3.56. The predicted octanol–water partition coefficient (Wildman–Crippen LogP) is 8.81. The monoisotopic (exact) mass is 487 g/mol. The summed E-state index contributed by atoms with van der Waals surface area (Å²) in [5.41, 5.74) is 7.05. The van der Waals surface area contributed by atoms with Gasteiger partial charge in [0.15, 0.2) is 0 Å². The van der Waals surface area contributed by atoms with Crippen molar-refractivity contribution in [3.05, 3.63) is 128 Å². The van der Waals surface area contributed by atoms with E-state index in [1.165, 1.54) is 0 Å². The van der Waals surface area contributed by atoms with Crippen LogP contribution in [0.2, 0.25) is 0 Å². The van der Waals surface area contributed by atoms with Crippen LogP contribution in [-0.4, -0.2) is 14.5 Å². The fourth-order valence-corrected chi connectivity index (χ4v) is 5.50. The van der Waals surface area contributed by atoms with Crippen LogP contribution in [0.3, 0.4) is 0 Å². The van der Waals surface area contributed by atoms with Gasteiger partial charge in [-0.3, -0.25) is 4.57 Å². The van der Waals surface area contributed by atoms with E-state index in [1.54, 1.807) is 0 Å². The molecule has 0 atom stereocenters. The standard InChI is InChI=1S/C34H21N3O/c1-2-10-22(11-3-1)34-36-29-15-7-8-16-30(29)37(34)32-19-18-23(21-35-32)27-20-28-25-13-6-9-17-31(25)38-33(28)26-14-5-4-12-24(26)27/h1-21H. The molecule has 0 amide bonds. The van der Waals surface area contributed by atoms with Crippen LogP contribution in [0.4, 0.5) is 0 Å². The number of imidazole rings is 1. The molecule has 38 heavy (non-hydrogen) atoms. The summed E-state index contributed by atoms with van der Waals surface area (Å²) in [5, 5.41) is 4.49. The lowest BCUT2D eigenvalue weighted by atomic mass is 9.96. The van der Waals surface area contributed by atoms with E-state index in [4.69, 9.17) is 14.4 Å². The van der Waals surface area contributed by atoms with Crippen LogP contribution in [0.15, 0.2) is 132 Å². The second kappa shape index (κ2) is 8.15. The van der Waals surface area contributed by atoms with Crippen molar-refractivity contribution < 1.29 is 4.42 Å². The number of pyridine rings is 1. The molecule has 0 unspecified atom stereocenters. The Morgan fingerprint density at radius 2 is 1.32 bits per heavy atom. The molecule has 3 heterocycles. The van der Waals surface area contributed by atoms with E-state index in [9.17, 15) is 0 Å². The fourth-order valence-electron chi connectivity index (χ4n) is 5.50. The van der Waals surface area contributed by atoms with Crippen LogP contribution < -0.4 is 0 Å². The molecule has 3 aromatic heterocycles. The van der Waals surface area contributed by atoms with Crippen molar-refractivity contribution in [2.75, 3.05) is 0 Å². The van der Waals surface area contributed by atoms with Crippen molar-refractivity contribution in [1.82, 2.24) is 14.5 Å². The van der Waals surface area contributed by atoms with Crippen LogP contribution in [0.5, 0.6) is 0 Å². The fraction of sp³-hybridized carbons (Fsp3) is 0. The molecular weight excluding hydrogens is 466 g/mol. The third kappa shape index (κ3) is 3.10. The van der Waals surface area contributed by atoms with Crippen LogP contribution in [0.25, 0.3) is 72.1 Å². The molecule has 8 aromatic rings. The Kier molecular flexibility index (Phi) is 4.49. The van der Waals surface area contributed by atoms with E-state index in [2.05, 4.69) is 77.4 Å². The molecule has 5 aromatic carbocycles. The molecule has 0 spiro atoms. The Bertz CT molecular complexity index is 2120. The highest BCUT2D eigenvalue weighted by atomic mass is 16.3. The van der Waals surface area contributed by atoms with Crippen molar-refractivity contribution >= 4 is 43.7 Å². The van der Waals surface area contributed by atoms with Gasteiger partial charge in [-0.1, -0.05) is 84.9 Å². The zero-order valence-corrected chi connectivity index (χ0v) is 20.4. The summed E-state index contributed by atoms with van der Waals surface area (Å²) in [6.45, 7) is 0. The maximum Gasteiger partial charge on any atom is 0.146 e. The minimum Gasteiger partial charge on any atom is -0.455 e. The van der Waals surface area contributed by atoms with Gasteiger partial charge < -0.3 is 4.42 Å². The molecule has 0 bridgehead atoms. The molecule has 0 saturated heterocycles. The molecular formula is C34H21N3O. The third-order valence-electron chi connectivity index (χ3n) is 7.27. The van der Waals surface area contributed by atoms with Gasteiger partial charge in [-0.25, -0.2) is 9.97 Å². The van der Waals surface area contributed by atoms with Crippen molar-refractivity contribution in [3.8, 4) is 28.3 Å². The lowest BCUT2D eigenvalue weighted by Gasteiger charge is -2.11. The topological polar surface area (TPSA) is 43.9 Å². The Hall–Kier alpha value is -5.22. The number of fused-ring (bicyclic) bond motifs is 6. The normalized spacial score (nSPS) is 11.7. The maximum atomic E-state index is 6.29. The first kappa shape index (κ1) is 20.9. The van der Waals surface area contributed by atoms with Crippen molar-refractivity contribution in [1.29, 1.82) is 0 Å². The predicted molar refractivity (Wildman–Crippen MR) is 155 cm³/mol. The van der Waals surface area contributed by atoms with Gasteiger partial charge in [0, 0.05) is 33.5 Å². The largest absolute Gasteiger partial charge is 0.455 e. The number of nitrogens with zero attached hydrogens (tertiary/aromatic N) is 3. The first-order valence-corrected chi connectivity index (χ1v) is 12.7. The highest BCUT2D eigenvalue weighted by molar-refractivity contribution is 6.19. The summed E-state index contributed by atoms with van der Waals surface area (Å²) in [7, 11) is 0. The third-order valence-corrected chi connectivity index (χ3v) is 7.27. The van der Waals surface area contributed by atoms with Gasteiger partial charge in [0.1, 0.15) is 22.8 Å². The molecule has 0 aliphatic heterocycles. The second-order valence-electron chi connectivity index (χ2n) is 9.48. The average molecular weight is 488 g/mol. The van der Waals surface area contributed by atoms with Crippen LogP contribution in [0.1, 0.15) is 0 Å². The number of benzene rings is 5. The minimum atomic E-state index is 0.834. The van der Waals surface area contributed by atoms with Gasteiger partial charge >= 0.3 is 0 Å². The number of hydrogen-bond donors (Lipinski definition) is 0. The summed E-state index contributed by atoms with van der Waals surface area (Å²) in [6.07, 6.45) is 1.97. The van der Waals surface area contributed by atoms with E-state index in [1.807, 2.05) is 54.7 Å². The zero-order chi connectivity index (χ0) is 25.1. The SMILES string of the molecule is c1ccc(-c2nc3ccccc3n2-c2ccc(-c3cc4c5ccccc5oc4c4ccccc34)cn2)cc1. The first-order valence-electron chi connectivity index (χ1n) is 12.7. The molecule has 0 radical (unpaired) electrons. The van der Waals surface area contributed by atoms with E-state index < -0.39 is 0 Å². The zero-order valence-electron chi connectivity index (χ0n) is 20.4. The molecule has 4 heteroatoms. The van der Waals surface area contributed by atoms with Gasteiger partial charge in [0.05, 0.1) is 11.0 Å². The van der Waals surface area contributed by atoms with Crippen molar-refractivity contribution in [3.63, 3.8) is 0 Å². The van der Waals surface area contributed by atoms with E-state index in [0.717, 1.165) is 72.1 Å². The van der Waals surface area contributed by atoms with E-state index >= 15 is 0 Å². The Labute approximate surface area is 218 Å². The molecule has 178 valence electrons. The smallest absolute Gasteiger partial charge is 0.146 e. The summed E-state index contributed by atoms with van der Waals surface area (Å²) in [5.74, 6) is 1.71. The number of rotatable bonds is 3. The molecule has 8 rings (SSSR count). The van der Waals surface area contributed by atoms with E-state index in [0.29, 0.717) is 0 Å². The number of furan rings is 1. The second-order valence-corrected chi connectivity index (χ2v) is 9.48. The number of para-hydroxylation sites is 3. The van der Waals surface area contributed by atoms with Gasteiger partial charge in [0.2, 0.25) is 0 Å². The van der Waals surface area contributed by atoms with Crippen LogP contribution in [-0.2, 0) is 0 Å². The molecule has 0 saturated carbocycles. The highest BCUT2D eigenvalue weighted by Crippen LogP contribution is 2.39. The Morgan fingerprint density at radius 3 is 2.16 bits per heavy atom. The summed E-state index contributed by atoms with van der Waals surface area (Å²) >= 11 is 0. The van der Waals surface area contributed by atoms with Crippen LogP contribution >= 0.6 is 0 Å². The molecule has 4 nitrogen and oxygen atoms in total. The van der Waals surface area contributed by atoms with Crippen LogP contribution in [0, 0.1) is 0 Å². The Morgan fingerprint density at radius 1 is 0.579 bits per heavy atom. The Balaban J connectivity index is 1.33. The van der Waals surface area contributed by atoms with Gasteiger partial charge in [-0.15, -0.1) is 0 Å².